The minimum atomic E-state index is -1.34. The highest BCUT2D eigenvalue weighted by molar-refractivity contribution is 5.94. The molecule has 4 aliphatic heterocycles. The van der Waals surface area contributed by atoms with Crippen molar-refractivity contribution in [3.8, 4) is 17.0 Å². The van der Waals surface area contributed by atoms with Gasteiger partial charge in [-0.25, -0.2) is 4.39 Å². The van der Waals surface area contributed by atoms with Crippen LogP contribution in [-0.4, -0.2) is 107 Å². The van der Waals surface area contributed by atoms with Crippen LogP contribution in [0.3, 0.4) is 0 Å². The number of nitrogens with one attached hydrogen (secondary N) is 1. The topological polar surface area (TPSA) is 128 Å². The molecule has 3 unspecified atom stereocenters. The zero-order valence-corrected chi connectivity index (χ0v) is 33.7. The van der Waals surface area contributed by atoms with Crippen LogP contribution in [0, 0.1) is 13.8 Å². The number of morpholine rings is 1. The van der Waals surface area contributed by atoms with Crippen molar-refractivity contribution in [2.45, 2.75) is 57.3 Å². The number of nitrogens with zero attached hydrogens (tertiary/aromatic N) is 7. The van der Waals surface area contributed by atoms with Crippen molar-refractivity contribution < 1.29 is 21.8 Å². The number of benzene rings is 3. The third-order valence-electron chi connectivity index (χ3n) is 12.6. The Kier molecular flexibility index (Phi) is 10.1. The summed E-state index contributed by atoms with van der Waals surface area (Å²) in [5.41, 5.74) is 12.6. The summed E-state index contributed by atoms with van der Waals surface area (Å²) in [6.45, 7) is 7.19. The zero-order valence-electron chi connectivity index (χ0n) is 35.7. The summed E-state index contributed by atoms with van der Waals surface area (Å²) in [5, 5.41) is 22.9. The first-order chi connectivity index (χ1) is 29.4. The number of amides is 1. The van der Waals surface area contributed by atoms with Crippen LogP contribution in [0.15, 0.2) is 85.2 Å². The van der Waals surface area contributed by atoms with Crippen molar-refractivity contribution >= 4 is 34.0 Å². The van der Waals surface area contributed by atoms with Crippen LogP contribution in [0.5, 0.6) is 5.75 Å². The van der Waals surface area contributed by atoms with Crippen LogP contribution in [-0.2, 0) is 4.74 Å². The van der Waals surface area contributed by atoms with Gasteiger partial charge in [-0.3, -0.25) is 10.1 Å². The molecular formula is C46H54FN9O3. The highest BCUT2D eigenvalue weighted by Crippen LogP contribution is 2.37. The monoisotopic (exact) mass is 801 g/mol. The lowest BCUT2D eigenvalue weighted by Gasteiger charge is -2.41. The first-order valence-electron chi connectivity index (χ1n) is 21.9. The number of phenolic OH excluding ortho intramolecular Hbond substituents is 1. The average Bonchev–Trinajstić information content (AvgIpc) is 3.59. The number of aromatic nitrogens is 3. The number of halogens is 1. The summed E-state index contributed by atoms with van der Waals surface area (Å²) < 4.78 is 41.3. The number of aromatic hydroxyl groups is 1. The summed E-state index contributed by atoms with van der Waals surface area (Å²) in [4.78, 5) is 21.8. The molecule has 0 saturated carbocycles. The number of hydrogen-bond acceptors (Lipinski definition) is 10. The summed E-state index contributed by atoms with van der Waals surface area (Å²) in [6, 6.07) is 21.2. The Labute approximate surface area is 347 Å². The predicted molar refractivity (Wildman–Crippen MR) is 230 cm³/mol. The molecule has 5 aromatic rings. The van der Waals surface area contributed by atoms with Gasteiger partial charge in [0.05, 0.1) is 26.0 Å². The molecule has 59 heavy (non-hydrogen) atoms. The molecule has 1 amide bonds. The average molecular weight is 802 g/mol. The number of fused-ring (bicyclic) bond motifs is 1. The Morgan fingerprint density at radius 1 is 1.02 bits per heavy atom. The van der Waals surface area contributed by atoms with Crippen LogP contribution < -0.4 is 20.9 Å². The summed E-state index contributed by atoms with van der Waals surface area (Å²) in [6.07, 6.45) is 8.00. The number of likely N-dealkylation sites (tertiary alicyclic amines) is 2. The Bertz CT molecular complexity index is 2450. The molecule has 9 rings (SSSR count). The fourth-order valence-electron chi connectivity index (χ4n) is 9.29. The maximum atomic E-state index is 16.4. The molecule has 3 saturated heterocycles. The van der Waals surface area contributed by atoms with Crippen molar-refractivity contribution in [2.24, 2.45) is 0 Å². The van der Waals surface area contributed by atoms with Crippen LogP contribution in [0.2, 0.25) is 0 Å². The second-order valence-electron chi connectivity index (χ2n) is 16.5. The maximum absolute atomic E-state index is 16.4. The highest BCUT2D eigenvalue weighted by atomic mass is 19.1. The third kappa shape index (κ3) is 7.98. The molecule has 13 heteroatoms. The molecule has 308 valence electrons. The van der Waals surface area contributed by atoms with E-state index in [0.717, 1.165) is 59.3 Å². The van der Waals surface area contributed by atoms with E-state index >= 15 is 4.39 Å². The Hall–Kier alpha value is -5.50. The van der Waals surface area contributed by atoms with Gasteiger partial charge in [-0.2, -0.15) is 0 Å². The van der Waals surface area contributed by atoms with Gasteiger partial charge < -0.3 is 39.7 Å². The van der Waals surface area contributed by atoms with E-state index in [1.807, 2.05) is 54.4 Å². The van der Waals surface area contributed by atoms with Crippen molar-refractivity contribution in [1.82, 2.24) is 29.9 Å². The van der Waals surface area contributed by atoms with Crippen molar-refractivity contribution in [3.05, 3.63) is 107 Å². The Morgan fingerprint density at radius 3 is 2.61 bits per heavy atom. The van der Waals surface area contributed by atoms with Crippen molar-refractivity contribution in [3.63, 3.8) is 0 Å². The second-order valence-corrected chi connectivity index (χ2v) is 16.5. The number of nitrogen functional groups attached to an aromatic ring is 1. The van der Waals surface area contributed by atoms with E-state index < -0.39 is 18.8 Å². The van der Waals surface area contributed by atoms with E-state index in [9.17, 15) is 9.90 Å². The molecule has 2 aromatic heterocycles. The highest BCUT2D eigenvalue weighted by Gasteiger charge is 2.39. The predicted octanol–water partition coefficient (Wildman–Crippen LogP) is 6.74. The minimum absolute atomic E-state index is 0.0811. The fraction of sp³-hybridized carbons (Fsp3) is 0.413. The molecule has 3 atom stereocenters. The maximum Gasteiger partial charge on any atom is 0.253 e. The van der Waals surface area contributed by atoms with Crippen LogP contribution in [0.4, 0.5) is 21.6 Å². The molecule has 4 N–H and O–H groups in total. The number of ether oxygens (including phenoxy) is 1. The number of carbonyl (C=O) groups excluding carboxylic acids is 1. The first kappa shape index (κ1) is 36.6. The number of aryl methyl sites for hydroxylation is 2. The van der Waals surface area contributed by atoms with Gasteiger partial charge in [0.2, 0.25) is 0 Å². The molecule has 3 aromatic carbocycles. The standard InChI is InChI=1S/C46H54FN9O3/c1-31-24-33(8-10-36(31)43-28-54(22-23-59-43)41-26-39(50-51-44(41)48)37-6-3-4-7-42(37)57)45(58)53-20-14-46(47,15-21-53)29-52-18-12-34(13-19-52)56-27-32(2)38-25-35(9-11-40(38)56)55-17-5-16-49-30-55/h3-11,17,24-27,34,43,49,57H,12-16,18-23,28-30H2,1-2H3,(H2,48,51)/i16D,30D. The lowest BCUT2D eigenvalue weighted by atomic mass is 9.91. The molecule has 12 nitrogen and oxygen atoms in total. The molecule has 0 aliphatic carbocycles. The van der Waals surface area contributed by atoms with Gasteiger partial charge in [-0.15, -0.1) is 10.2 Å². The van der Waals surface area contributed by atoms with Crippen LogP contribution in [0.25, 0.3) is 22.2 Å². The molecule has 3 fully saturated rings. The number of rotatable bonds is 8. The lowest BCUT2D eigenvalue weighted by molar-refractivity contribution is 0.0158. The van der Waals surface area contributed by atoms with Crippen LogP contribution >= 0.6 is 0 Å². The number of phenols is 1. The number of alkyl halides is 1. The quantitative estimate of drug-likeness (QED) is 0.155. The summed E-state index contributed by atoms with van der Waals surface area (Å²) in [5.74, 6) is 0.334. The van der Waals surface area contributed by atoms with Gasteiger partial charge >= 0.3 is 0 Å². The van der Waals surface area contributed by atoms with E-state index in [0.29, 0.717) is 80.9 Å². The number of carbonyl (C=O) groups is 1. The molecule has 6 heterocycles. The number of piperidine rings is 2. The molecule has 0 spiro atoms. The fourth-order valence-corrected chi connectivity index (χ4v) is 9.29. The lowest BCUT2D eigenvalue weighted by Crippen LogP contribution is -2.51. The summed E-state index contributed by atoms with van der Waals surface area (Å²) in [7, 11) is 0. The van der Waals surface area contributed by atoms with Gasteiger partial charge in [-0.1, -0.05) is 24.3 Å². The van der Waals surface area contributed by atoms with E-state index in [-0.39, 0.29) is 17.8 Å². The third-order valence-corrected chi connectivity index (χ3v) is 12.6. The van der Waals surface area contributed by atoms with E-state index in [4.69, 9.17) is 13.2 Å². The minimum Gasteiger partial charge on any atom is -0.507 e. The smallest absolute Gasteiger partial charge is 0.253 e. The second kappa shape index (κ2) is 16.3. The van der Waals surface area contributed by atoms with Gasteiger partial charge in [0, 0.05) is 113 Å². The molecule has 4 aliphatic rings. The Morgan fingerprint density at radius 2 is 1.83 bits per heavy atom. The Balaban J connectivity index is 0.782. The molecule has 0 radical (unpaired) electrons. The van der Waals surface area contributed by atoms with E-state index in [2.05, 4.69) is 55.1 Å². The molecular weight excluding hydrogens is 746 g/mol. The van der Waals surface area contributed by atoms with Gasteiger partial charge in [0.1, 0.15) is 17.5 Å². The van der Waals surface area contributed by atoms with Gasteiger partial charge in [0.15, 0.2) is 5.82 Å². The zero-order chi connectivity index (χ0) is 42.4. The van der Waals surface area contributed by atoms with Crippen molar-refractivity contribution in [1.29, 1.82) is 0 Å². The molecule has 0 bridgehead atoms. The van der Waals surface area contributed by atoms with Gasteiger partial charge in [-0.05, 0) is 91.9 Å². The normalized spacial score (nSPS) is 23.4. The SMILES string of the molecule is [2H]C1C=CN(c2ccc3c(c2)c(C)cn3C2CCN(CC3(F)CCN(C(=O)c4ccc(C5CN(c6cc(-c7ccccc7O)nnc6N)CCO5)c(C)c4)CC3)CC2)C([2H])N1. The largest absolute Gasteiger partial charge is 0.507 e. The van der Waals surface area contributed by atoms with Crippen molar-refractivity contribution in [2.75, 3.05) is 81.1 Å². The van der Waals surface area contributed by atoms with Gasteiger partial charge in [0.25, 0.3) is 5.91 Å². The van der Waals surface area contributed by atoms with Crippen LogP contribution in [0.1, 0.15) is 67.6 Å². The number of para-hydroxylation sites is 1. The number of hydrogen-bond donors (Lipinski definition) is 3. The number of anilines is 3. The summed E-state index contributed by atoms with van der Waals surface area (Å²) >= 11 is 0. The first-order valence-corrected chi connectivity index (χ1v) is 20.7. The van der Waals surface area contributed by atoms with E-state index in [1.165, 1.54) is 5.56 Å². The number of nitrogens with two attached hydrogens (primary N) is 1. The van der Waals surface area contributed by atoms with E-state index in [1.54, 1.807) is 29.2 Å².